The number of carbonyl (C=O) groups is 2. The van der Waals surface area contributed by atoms with E-state index in [2.05, 4.69) is 17.2 Å². The number of nitrogens with one attached hydrogen (secondary N) is 1. The predicted molar refractivity (Wildman–Crippen MR) is 116 cm³/mol. The van der Waals surface area contributed by atoms with Crippen LogP contribution in [0, 0.1) is 0 Å². The number of carbonyl (C=O) groups excluding carboxylic acids is 1. The molecule has 2 N–H and O–H groups in total. The highest BCUT2D eigenvalue weighted by molar-refractivity contribution is 8.00. The van der Waals surface area contributed by atoms with Crippen molar-refractivity contribution in [2.24, 2.45) is 0 Å². The quantitative estimate of drug-likeness (QED) is 0.417. The van der Waals surface area contributed by atoms with Gasteiger partial charge in [0, 0.05) is 5.69 Å². The van der Waals surface area contributed by atoms with Gasteiger partial charge in [-0.2, -0.15) is 0 Å². The van der Waals surface area contributed by atoms with E-state index in [-0.39, 0.29) is 11.1 Å². The predicted octanol–water partition coefficient (Wildman–Crippen LogP) is 3.61. The van der Waals surface area contributed by atoms with Crippen molar-refractivity contribution in [2.75, 3.05) is 5.32 Å². The second-order valence-corrected chi connectivity index (χ2v) is 8.45. The third kappa shape index (κ3) is 4.86. The van der Waals surface area contributed by atoms with E-state index in [0.717, 1.165) is 22.7 Å². The number of carboxylic acids is 1. The molecule has 7 nitrogen and oxygen atoms in total. The number of amides is 1. The van der Waals surface area contributed by atoms with E-state index in [1.54, 1.807) is 11.4 Å². The van der Waals surface area contributed by atoms with Crippen molar-refractivity contribution in [1.29, 1.82) is 0 Å². The highest BCUT2D eigenvalue weighted by Crippen LogP contribution is 2.27. The Kier molecular flexibility index (Phi) is 6.71. The first-order valence-electron chi connectivity index (χ1n) is 9.19. The van der Waals surface area contributed by atoms with Gasteiger partial charge in [-0.05, 0) is 42.0 Å². The van der Waals surface area contributed by atoms with Gasteiger partial charge in [0.25, 0.3) is 5.56 Å². The minimum atomic E-state index is -1.14. The van der Waals surface area contributed by atoms with Gasteiger partial charge in [-0.25, -0.2) is 4.98 Å². The van der Waals surface area contributed by atoms with Crippen LogP contribution in [0.1, 0.15) is 25.8 Å². The van der Waals surface area contributed by atoms with E-state index in [0.29, 0.717) is 22.3 Å². The molecule has 1 aromatic carbocycles. The van der Waals surface area contributed by atoms with Crippen molar-refractivity contribution in [2.45, 2.75) is 43.6 Å². The number of aromatic nitrogens is 2. The Morgan fingerprint density at radius 1 is 1.24 bits per heavy atom. The summed E-state index contributed by atoms with van der Waals surface area (Å²) in [5.41, 5.74) is 1.97. The highest BCUT2D eigenvalue weighted by Gasteiger charge is 2.23. The average molecular weight is 432 g/mol. The van der Waals surface area contributed by atoms with Crippen LogP contribution in [0.3, 0.4) is 0 Å². The number of fused-ring (bicyclic) bond motifs is 1. The lowest BCUT2D eigenvalue weighted by Crippen LogP contribution is -2.29. The van der Waals surface area contributed by atoms with Gasteiger partial charge < -0.3 is 10.4 Å². The van der Waals surface area contributed by atoms with Gasteiger partial charge in [-0.3, -0.25) is 19.0 Å². The molecule has 0 unspecified atom stereocenters. The van der Waals surface area contributed by atoms with Crippen LogP contribution in [0.5, 0.6) is 0 Å². The monoisotopic (exact) mass is 431 g/mol. The van der Waals surface area contributed by atoms with E-state index in [1.807, 2.05) is 31.2 Å². The Morgan fingerprint density at radius 2 is 1.97 bits per heavy atom. The summed E-state index contributed by atoms with van der Waals surface area (Å²) in [5, 5.41) is 13.5. The molecule has 29 heavy (non-hydrogen) atoms. The van der Waals surface area contributed by atoms with Crippen molar-refractivity contribution < 1.29 is 14.7 Å². The molecule has 0 aliphatic heterocycles. The van der Waals surface area contributed by atoms with Gasteiger partial charge in [0.15, 0.2) is 5.16 Å². The lowest BCUT2D eigenvalue weighted by Gasteiger charge is -2.17. The molecule has 3 rings (SSSR count). The number of thiophene rings is 1. The van der Waals surface area contributed by atoms with Gasteiger partial charge in [-0.1, -0.05) is 37.7 Å². The number of hydrogen-bond donors (Lipinski definition) is 2. The second kappa shape index (κ2) is 9.23. The number of benzene rings is 1. The van der Waals surface area contributed by atoms with Crippen molar-refractivity contribution in [3.63, 3.8) is 0 Å². The first kappa shape index (κ1) is 21.1. The standard InChI is InChI=1S/C20H21N3O4S2/c1-3-12-5-7-13(8-6-12)21-18(26)15(4-2)29-20-22-14-9-10-28-17(14)19(27)23(20)11-16(24)25/h5-10,15H,3-4,11H2,1-2H3,(H,21,26)(H,24,25)/t15-/m0/s1. The van der Waals surface area contributed by atoms with Crippen LogP contribution in [-0.2, 0) is 22.6 Å². The van der Waals surface area contributed by atoms with E-state index >= 15 is 0 Å². The molecule has 0 saturated carbocycles. The summed E-state index contributed by atoms with van der Waals surface area (Å²) in [6, 6.07) is 9.34. The second-order valence-electron chi connectivity index (χ2n) is 6.37. The molecule has 1 atom stereocenters. The molecular weight excluding hydrogens is 410 g/mol. The molecule has 1 amide bonds. The molecule has 9 heteroatoms. The number of rotatable bonds is 8. The Balaban J connectivity index is 1.87. The maximum Gasteiger partial charge on any atom is 0.323 e. The van der Waals surface area contributed by atoms with Crippen molar-refractivity contribution >= 4 is 50.9 Å². The Hall–Kier alpha value is -2.65. The summed E-state index contributed by atoms with van der Waals surface area (Å²) in [6.45, 7) is 3.42. The third-order valence-electron chi connectivity index (χ3n) is 4.36. The number of aryl methyl sites for hydroxylation is 1. The Morgan fingerprint density at radius 3 is 2.59 bits per heavy atom. The molecule has 0 radical (unpaired) electrons. The number of carboxylic acid groups (broad SMARTS) is 1. The minimum absolute atomic E-state index is 0.219. The zero-order valence-electron chi connectivity index (χ0n) is 16.0. The molecule has 0 saturated heterocycles. The van der Waals surface area contributed by atoms with Gasteiger partial charge in [0.05, 0.1) is 10.8 Å². The van der Waals surface area contributed by atoms with E-state index in [9.17, 15) is 19.5 Å². The Bertz CT molecular complexity index is 1090. The van der Waals surface area contributed by atoms with Crippen LogP contribution in [-0.4, -0.2) is 31.8 Å². The van der Waals surface area contributed by atoms with E-state index < -0.39 is 23.3 Å². The molecule has 0 fully saturated rings. The van der Waals surface area contributed by atoms with Crippen LogP contribution in [0.2, 0.25) is 0 Å². The molecule has 0 aliphatic carbocycles. The summed E-state index contributed by atoms with van der Waals surface area (Å²) in [6.07, 6.45) is 1.41. The fourth-order valence-electron chi connectivity index (χ4n) is 2.78. The first-order chi connectivity index (χ1) is 13.9. The zero-order chi connectivity index (χ0) is 21.0. The molecule has 0 bridgehead atoms. The molecule has 2 aromatic heterocycles. The maximum absolute atomic E-state index is 12.8. The molecule has 0 aliphatic rings. The molecule has 152 valence electrons. The summed E-state index contributed by atoms with van der Waals surface area (Å²) >= 11 is 2.33. The summed E-state index contributed by atoms with van der Waals surface area (Å²) in [7, 11) is 0. The fraction of sp³-hybridized carbons (Fsp3) is 0.300. The lowest BCUT2D eigenvalue weighted by molar-refractivity contribution is -0.137. The molecule has 0 spiro atoms. The molecular formula is C20H21N3O4S2. The van der Waals surface area contributed by atoms with Crippen molar-refractivity contribution in [3.8, 4) is 0 Å². The molecule has 3 aromatic rings. The van der Waals surface area contributed by atoms with Gasteiger partial charge in [0.1, 0.15) is 11.2 Å². The van der Waals surface area contributed by atoms with Crippen LogP contribution in [0.15, 0.2) is 45.7 Å². The lowest BCUT2D eigenvalue weighted by atomic mass is 10.1. The first-order valence-corrected chi connectivity index (χ1v) is 10.9. The fourth-order valence-corrected chi connectivity index (χ4v) is 4.58. The number of aliphatic carboxylic acids is 1. The van der Waals surface area contributed by atoms with Crippen LogP contribution in [0.4, 0.5) is 5.69 Å². The molecule has 2 heterocycles. The van der Waals surface area contributed by atoms with Crippen LogP contribution >= 0.6 is 23.1 Å². The normalized spacial score (nSPS) is 12.1. The topological polar surface area (TPSA) is 101 Å². The number of nitrogens with zero attached hydrogens (tertiary/aromatic N) is 2. The largest absolute Gasteiger partial charge is 0.480 e. The Labute approximate surface area is 175 Å². The smallest absolute Gasteiger partial charge is 0.323 e. The van der Waals surface area contributed by atoms with E-state index in [1.165, 1.54) is 16.9 Å². The van der Waals surface area contributed by atoms with E-state index in [4.69, 9.17) is 0 Å². The SMILES string of the molecule is CCc1ccc(NC(=O)[C@H](CC)Sc2nc3ccsc3c(=O)n2CC(=O)O)cc1. The zero-order valence-corrected chi connectivity index (χ0v) is 17.7. The van der Waals surface area contributed by atoms with Crippen LogP contribution in [0.25, 0.3) is 10.2 Å². The summed E-state index contributed by atoms with van der Waals surface area (Å²) in [4.78, 5) is 41.2. The van der Waals surface area contributed by atoms with Gasteiger partial charge in [-0.15, -0.1) is 11.3 Å². The van der Waals surface area contributed by atoms with Crippen molar-refractivity contribution in [1.82, 2.24) is 9.55 Å². The average Bonchev–Trinajstić information content (AvgIpc) is 3.17. The summed E-state index contributed by atoms with van der Waals surface area (Å²) < 4.78 is 1.53. The number of anilines is 1. The summed E-state index contributed by atoms with van der Waals surface area (Å²) in [5.74, 6) is -1.36. The minimum Gasteiger partial charge on any atom is -0.480 e. The van der Waals surface area contributed by atoms with Gasteiger partial charge >= 0.3 is 5.97 Å². The third-order valence-corrected chi connectivity index (χ3v) is 6.61. The van der Waals surface area contributed by atoms with Crippen molar-refractivity contribution in [3.05, 3.63) is 51.6 Å². The van der Waals surface area contributed by atoms with Crippen LogP contribution < -0.4 is 10.9 Å². The maximum atomic E-state index is 12.8. The van der Waals surface area contributed by atoms with Gasteiger partial charge in [0.2, 0.25) is 5.91 Å². The highest BCUT2D eigenvalue weighted by atomic mass is 32.2. The number of thioether (sulfide) groups is 1. The number of hydrogen-bond acceptors (Lipinski definition) is 6.